The van der Waals surface area contributed by atoms with Crippen LogP contribution in [0.3, 0.4) is 0 Å². The molecule has 0 heterocycles. The molecule has 0 saturated heterocycles. The molecule has 0 unspecified atom stereocenters. The van der Waals surface area contributed by atoms with Crippen molar-refractivity contribution in [2.24, 2.45) is 5.73 Å². The normalized spacial score (nSPS) is 15.5. The van der Waals surface area contributed by atoms with Crippen molar-refractivity contribution in [2.45, 2.75) is 19.1 Å². The molecule has 0 spiro atoms. The highest BCUT2D eigenvalue weighted by Gasteiger charge is 2.12. The van der Waals surface area contributed by atoms with Gasteiger partial charge in [-0.2, -0.15) is 0 Å². The molecule has 0 amide bonds. The Balaban J connectivity index is 2.97. The fourth-order valence-electron chi connectivity index (χ4n) is 0.998. The lowest BCUT2D eigenvalue weighted by molar-refractivity contribution is 0.164. The van der Waals surface area contributed by atoms with E-state index in [1.54, 1.807) is 25.1 Å². The summed E-state index contributed by atoms with van der Waals surface area (Å²) in [6.07, 6.45) is -0.600. The lowest BCUT2D eigenvalue weighted by Gasteiger charge is -2.15. The van der Waals surface area contributed by atoms with Gasteiger partial charge < -0.3 is 10.8 Å². The maximum Gasteiger partial charge on any atom is 0.0704 e. The lowest BCUT2D eigenvalue weighted by atomic mass is 10.0. The van der Waals surface area contributed by atoms with Crippen LogP contribution in [0.1, 0.15) is 18.5 Å². The molecule has 1 aromatic carbocycles. The van der Waals surface area contributed by atoms with Crippen molar-refractivity contribution in [1.29, 1.82) is 0 Å². The van der Waals surface area contributed by atoms with E-state index >= 15 is 0 Å². The number of halogens is 2. The van der Waals surface area contributed by atoms with Crippen molar-refractivity contribution in [2.75, 3.05) is 0 Å². The molecule has 0 aliphatic carbocycles. The number of hydrogen-bond acceptors (Lipinski definition) is 2. The van der Waals surface area contributed by atoms with Gasteiger partial charge in [-0.05, 0) is 24.6 Å². The van der Waals surface area contributed by atoms with E-state index in [1.807, 2.05) is 0 Å². The van der Waals surface area contributed by atoms with Crippen LogP contribution in [0.4, 0.5) is 0 Å². The van der Waals surface area contributed by atoms with Crippen LogP contribution < -0.4 is 5.73 Å². The van der Waals surface area contributed by atoms with Crippen molar-refractivity contribution in [3.8, 4) is 0 Å². The summed E-state index contributed by atoms with van der Waals surface area (Å²) in [7, 11) is 0. The molecule has 0 aliphatic heterocycles. The van der Waals surface area contributed by atoms with Crippen molar-refractivity contribution >= 4 is 23.2 Å². The van der Waals surface area contributed by atoms with Gasteiger partial charge >= 0.3 is 0 Å². The van der Waals surface area contributed by atoms with Crippen LogP contribution >= 0.6 is 23.2 Å². The smallest absolute Gasteiger partial charge is 0.0704 e. The Morgan fingerprint density at radius 2 is 1.92 bits per heavy atom. The van der Waals surface area contributed by atoms with Gasteiger partial charge in [0.25, 0.3) is 0 Å². The number of aliphatic hydroxyl groups is 1. The Hall–Kier alpha value is -0.280. The fourth-order valence-corrected chi connectivity index (χ4v) is 1.30. The van der Waals surface area contributed by atoms with E-state index in [4.69, 9.17) is 28.9 Å². The van der Waals surface area contributed by atoms with E-state index in [2.05, 4.69) is 0 Å². The zero-order valence-electron chi connectivity index (χ0n) is 7.17. The third-order valence-electron chi connectivity index (χ3n) is 1.85. The van der Waals surface area contributed by atoms with Gasteiger partial charge in [-0.25, -0.2) is 0 Å². The van der Waals surface area contributed by atoms with Gasteiger partial charge in [-0.1, -0.05) is 29.3 Å². The molecule has 3 N–H and O–H groups in total. The van der Waals surface area contributed by atoms with Gasteiger partial charge in [0.05, 0.1) is 22.2 Å². The predicted molar refractivity (Wildman–Crippen MR) is 55.1 cm³/mol. The summed E-state index contributed by atoms with van der Waals surface area (Å²) < 4.78 is 0. The van der Waals surface area contributed by atoms with Crippen LogP contribution in [-0.4, -0.2) is 11.2 Å². The quantitative estimate of drug-likeness (QED) is 0.803. The molecule has 1 rings (SSSR count). The van der Waals surface area contributed by atoms with Crippen LogP contribution in [0.15, 0.2) is 18.2 Å². The molecular weight excluding hydrogens is 209 g/mol. The van der Waals surface area contributed by atoms with Crippen molar-refractivity contribution in [3.05, 3.63) is 33.8 Å². The molecule has 1 aromatic rings. The largest absolute Gasteiger partial charge is 0.391 e. The van der Waals surface area contributed by atoms with E-state index in [0.29, 0.717) is 10.0 Å². The highest BCUT2D eigenvalue weighted by atomic mass is 35.5. The average Bonchev–Trinajstić information content (AvgIpc) is 2.08. The lowest BCUT2D eigenvalue weighted by Crippen LogP contribution is -2.22. The van der Waals surface area contributed by atoms with Gasteiger partial charge in [-0.3, -0.25) is 0 Å². The van der Waals surface area contributed by atoms with Crippen LogP contribution in [0, 0.1) is 0 Å². The first-order valence-corrected chi connectivity index (χ1v) is 4.66. The van der Waals surface area contributed by atoms with Gasteiger partial charge in [-0.15, -0.1) is 0 Å². The second-order valence-corrected chi connectivity index (χ2v) is 3.75. The third kappa shape index (κ3) is 2.58. The summed E-state index contributed by atoms with van der Waals surface area (Å²) in [5.74, 6) is 0. The Labute approximate surface area is 87.3 Å². The Kier molecular flexibility index (Phi) is 3.56. The van der Waals surface area contributed by atoms with E-state index < -0.39 is 12.1 Å². The number of benzene rings is 1. The van der Waals surface area contributed by atoms with Crippen LogP contribution in [-0.2, 0) is 0 Å². The summed E-state index contributed by atoms with van der Waals surface area (Å²) in [4.78, 5) is 0. The number of nitrogens with two attached hydrogens (primary N) is 1. The molecule has 2 atom stereocenters. The molecule has 4 heteroatoms. The van der Waals surface area contributed by atoms with E-state index in [-0.39, 0.29) is 0 Å². The van der Waals surface area contributed by atoms with Gasteiger partial charge in [0.15, 0.2) is 0 Å². The molecular formula is C9H11Cl2NO. The first kappa shape index (κ1) is 10.8. The van der Waals surface area contributed by atoms with Crippen LogP contribution in [0.5, 0.6) is 0 Å². The first-order chi connectivity index (χ1) is 6.02. The van der Waals surface area contributed by atoms with Gasteiger partial charge in [0, 0.05) is 0 Å². The maximum atomic E-state index is 9.23. The second-order valence-electron chi connectivity index (χ2n) is 2.94. The molecule has 0 fully saturated rings. The number of hydrogen-bond donors (Lipinski definition) is 2. The van der Waals surface area contributed by atoms with Crippen molar-refractivity contribution < 1.29 is 5.11 Å². The summed E-state index contributed by atoms with van der Waals surface area (Å²) in [5.41, 5.74) is 6.49. The molecule has 0 bridgehead atoms. The molecule has 0 saturated carbocycles. The maximum absolute atomic E-state index is 9.23. The second kappa shape index (κ2) is 4.29. The Morgan fingerprint density at radius 1 is 1.31 bits per heavy atom. The zero-order valence-corrected chi connectivity index (χ0v) is 8.68. The minimum Gasteiger partial charge on any atom is -0.391 e. The number of aliphatic hydroxyl groups excluding tert-OH is 1. The summed E-state index contributed by atoms with van der Waals surface area (Å²) in [6.45, 7) is 1.63. The average molecular weight is 220 g/mol. The molecule has 0 aliphatic rings. The van der Waals surface area contributed by atoms with Crippen LogP contribution in [0.2, 0.25) is 10.0 Å². The minimum absolute atomic E-state index is 0.422. The van der Waals surface area contributed by atoms with E-state index in [1.165, 1.54) is 0 Å². The zero-order chi connectivity index (χ0) is 10.0. The highest BCUT2D eigenvalue weighted by Crippen LogP contribution is 2.25. The predicted octanol–water partition coefficient (Wildman–Crippen LogP) is 2.37. The summed E-state index contributed by atoms with van der Waals surface area (Å²) in [5, 5.41) is 10.2. The highest BCUT2D eigenvalue weighted by molar-refractivity contribution is 6.42. The monoisotopic (exact) mass is 219 g/mol. The van der Waals surface area contributed by atoms with Crippen LogP contribution in [0.25, 0.3) is 0 Å². The molecule has 0 aromatic heterocycles. The Morgan fingerprint density at radius 3 is 2.38 bits per heavy atom. The van der Waals surface area contributed by atoms with E-state index in [0.717, 1.165) is 5.56 Å². The van der Waals surface area contributed by atoms with Gasteiger partial charge in [0.1, 0.15) is 0 Å². The standard InChI is InChI=1S/C9H11Cl2NO/c1-5(13)9(12)6-2-3-7(10)8(11)4-6/h2-5,9,13H,12H2,1H3/t5-,9-/m1/s1. The Bertz CT molecular complexity index is 302. The van der Waals surface area contributed by atoms with Crippen molar-refractivity contribution in [3.63, 3.8) is 0 Å². The third-order valence-corrected chi connectivity index (χ3v) is 2.59. The topological polar surface area (TPSA) is 46.2 Å². The van der Waals surface area contributed by atoms with Gasteiger partial charge in [0.2, 0.25) is 0 Å². The fraction of sp³-hybridized carbons (Fsp3) is 0.333. The molecule has 0 radical (unpaired) electrons. The minimum atomic E-state index is -0.600. The summed E-state index contributed by atoms with van der Waals surface area (Å²) >= 11 is 11.5. The number of rotatable bonds is 2. The molecule has 72 valence electrons. The van der Waals surface area contributed by atoms with Crippen molar-refractivity contribution in [1.82, 2.24) is 0 Å². The SMILES string of the molecule is C[C@@H](O)[C@@H](N)c1ccc(Cl)c(Cl)c1. The van der Waals surface area contributed by atoms with E-state index in [9.17, 15) is 5.11 Å². The molecule has 2 nitrogen and oxygen atoms in total. The summed E-state index contributed by atoms with van der Waals surface area (Å²) in [6, 6.07) is 4.67. The first-order valence-electron chi connectivity index (χ1n) is 3.91. The molecule has 13 heavy (non-hydrogen) atoms.